The fraction of sp³-hybridized carbons (Fsp3) is 0.400. The van der Waals surface area contributed by atoms with Crippen molar-refractivity contribution in [3.63, 3.8) is 0 Å². The molecule has 5 nitrogen and oxygen atoms in total. The maximum Gasteiger partial charge on any atom is 0.255 e. The van der Waals surface area contributed by atoms with Crippen LogP contribution in [0.3, 0.4) is 0 Å². The van der Waals surface area contributed by atoms with Gasteiger partial charge in [0.15, 0.2) is 5.78 Å². The van der Waals surface area contributed by atoms with Crippen molar-refractivity contribution in [1.29, 1.82) is 0 Å². The van der Waals surface area contributed by atoms with Crippen LogP contribution in [0.15, 0.2) is 48.5 Å². The number of carbonyl (C=O) groups is 3. The average molecular weight is 473 g/mol. The summed E-state index contributed by atoms with van der Waals surface area (Å²) in [7, 11) is 0. The molecule has 0 radical (unpaired) electrons. The summed E-state index contributed by atoms with van der Waals surface area (Å²) in [5.41, 5.74) is -0.811. The quantitative estimate of drug-likeness (QED) is 0.631. The van der Waals surface area contributed by atoms with Crippen molar-refractivity contribution in [3.8, 4) is 0 Å². The van der Waals surface area contributed by atoms with E-state index in [9.17, 15) is 14.4 Å². The van der Waals surface area contributed by atoms with E-state index >= 15 is 0 Å². The summed E-state index contributed by atoms with van der Waals surface area (Å²) in [5.74, 6) is -0.223. The molecule has 2 fully saturated rings. The lowest BCUT2D eigenvalue weighted by molar-refractivity contribution is -0.155. The summed E-state index contributed by atoms with van der Waals surface area (Å²) in [6.07, 6.45) is 1.37. The number of nitrogens with zero attached hydrogens (tertiary/aromatic N) is 2. The van der Waals surface area contributed by atoms with Crippen molar-refractivity contribution in [2.45, 2.75) is 26.7 Å². The molecule has 0 aromatic heterocycles. The van der Waals surface area contributed by atoms with Crippen LogP contribution in [-0.2, 0) is 4.79 Å². The third-order valence-electron chi connectivity index (χ3n) is 6.61. The lowest BCUT2D eigenvalue weighted by Crippen LogP contribution is -2.70. The van der Waals surface area contributed by atoms with E-state index in [1.807, 2.05) is 13.8 Å². The zero-order chi connectivity index (χ0) is 23.1. The zero-order valence-electron chi connectivity index (χ0n) is 18.2. The summed E-state index contributed by atoms with van der Waals surface area (Å²) >= 11 is 12.6. The number of rotatable bonds is 4. The summed E-state index contributed by atoms with van der Waals surface area (Å²) < 4.78 is 0. The Balaban J connectivity index is 1.69. The van der Waals surface area contributed by atoms with E-state index in [0.717, 1.165) is 6.42 Å². The molecule has 168 valence electrons. The van der Waals surface area contributed by atoms with Gasteiger partial charge in [-0.05, 0) is 37.6 Å². The number of amides is 2. The molecule has 2 aliphatic rings. The number of fused-ring (bicyclic) bond motifs is 2. The average Bonchev–Trinajstić information content (AvgIpc) is 2.75. The lowest BCUT2D eigenvalue weighted by Gasteiger charge is -2.56. The molecule has 0 N–H and O–H groups in total. The van der Waals surface area contributed by atoms with Crippen molar-refractivity contribution in [3.05, 3.63) is 69.7 Å². The van der Waals surface area contributed by atoms with Crippen molar-refractivity contribution in [2.24, 2.45) is 10.8 Å². The first kappa shape index (κ1) is 22.8. The fourth-order valence-electron chi connectivity index (χ4n) is 5.36. The van der Waals surface area contributed by atoms with Crippen LogP contribution in [0.2, 0.25) is 10.0 Å². The van der Waals surface area contributed by atoms with Crippen LogP contribution >= 0.6 is 23.2 Å². The highest BCUT2D eigenvalue weighted by atomic mass is 35.5. The molecule has 0 atom stereocenters. The second kappa shape index (κ2) is 8.53. The number of Topliss-reactive ketones (excluding diaryl/α,β-unsaturated/α-hetero) is 1. The number of ketones is 1. The van der Waals surface area contributed by atoms with Crippen molar-refractivity contribution in [1.82, 2.24) is 9.80 Å². The highest BCUT2D eigenvalue weighted by Gasteiger charge is 2.59. The van der Waals surface area contributed by atoms with Crippen molar-refractivity contribution < 1.29 is 14.4 Å². The van der Waals surface area contributed by atoms with Gasteiger partial charge in [0.25, 0.3) is 11.8 Å². The third-order valence-corrected chi connectivity index (χ3v) is 7.27. The fourth-order valence-corrected chi connectivity index (χ4v) is 5.79. The molecule has 0 aliphatic carbocycles. The minimum atomic E-state index is -0.862. The topological polar surface area (TPSA) is 57.7 Å². The predicted molar refractivity (Wildman–Crippen MR) is 125 cm³/mol. The Morgan fingerprint density at radius 3 is 1.69 bits per heavy atom. The van der Waals surface area contributed by atoms with E-state index in [1.165, 1.54) is 0 Å². The van der Waals surface area contributed by atoms with Crippen LogP contribution in [0.4, 0.5) is 0 Å². The predicted octanol–water partition coefficient (Wildman–Crippen LogP) is 4.97. The van der Waals surface area contributed by atoms with Gasteiger partial charge in [0.1, 0.15) is 0 Å². The van der Waals surface area contributed by atoms with Gasteiger partial charge in [-0.3, -0.25) is 14.4 Å². The van der Waals surface area contributed by atoms with Gasteiger partial charge in [0.2, 0.25) is 0 Å². The van der Waals surface area contributed by atoms with Crippen LogP contribution in [0.25, 0.3) is 0 Å². The van der Waals surface area contributed by atoms with Gasteiger partial charge in [-0.2, -0.15) is 0 Å². The Hall–Kier alpha value is -2.37. The molecule has 2 saturated heterocycles. The van der Waals surface area contributed by atoms with Crippen LogP contribution in [0.5, 0.6) is 0 Å². The Kier molecular flexibility index (Phi) is 6.08. The number of piperidine rings is 2. The summed E-state index contributed by atoms with van der Waals surface area (Å²) in [6, 6.07) is 13.9. The van der Waals surface area contributed by atoms with Gasteiger partial charge in [-0.25, -0.2) is 0 Å². The second-order valence-corrected chi connectivity index (χ2v) is 10.0. The van der Waals surface area contributed by atoms with Gasteiger partial charge in [-0.1, -0.05) is 60.8 Å². The highest BCUT2D eigenvalue weighted by Crippen LogP contribution is 2.46. The molecular formula is C25H26Cl2N2O3. The van der Waals surface area contributed by atoms with Crippen molar-refractivity contribution in [2.75, 3.05) is 26.2 Å². The zero-order valence-corrected chi connectivity index (χ0v) is 19.7. The molecular weight excluding hydrogens is 447 g/mol. The number of hydrogen-bond acceptors (Lipinski definition) is 3. The molecule has 0 unspecified atom stereocenters. The van der Waals surface area contributed by atoms with Crippen LogP contribution in [-0.4, -0.2) is 53.6 Å². The van der Waals surface area contributed by atoms with E-state index in [0.29, 0.717) is 27.6 Å². The molecule has 2 aromatic carbocycles. The SMILES string of the molecule is CCCC12CN(C(=O)c3ccccc3Cl)CC(C)(CN(C(=O)c3ccccc3Cl)C1)C2=O. The van der Waals surface area contributed by atoms with Gasteiger partial charge in [0, 0.05) is 26.2 Å². The maximum atomic E-state index is 13.7. The molecule has 4 rings (SSSR count). The Morgan fingerprint density at radius 2 is 1.28 bits per heavy atom. The van der Waals surface area contributed by atoms with Gasteiger partial charge >= 0.3 is 0 Å². The number of hydrogen-bond donors (Lipinski definition) is 0. The monoisotopic (exact) mass is 472 g/mol. The summed E-state index contributed by atoms with van der Waals surface area (Å²) in [5, 5.41) is 0.787. The minimum absolute atomic E-state index is 0.137. The Morgan fingerprint density at radius 1 is 0.844 bits per heavy atom. The lowest BCUT2D eigenvalue weighted by atomic mass is 9.61. The first-order chi connectivity index (χ1) is 15.2. The third kappa shape index (κ3) is 3.82. The van der Waals surface area contributed by atoms with Crippen molar-refractivity contribution >= 4 is 40.8 Å². The molecule has 32 heavy (non-hydrogen) atoms. The standard InChI is InChI=1S/C25H26Cl2N2O3/c1-3-12-25-15-28(21(30)17-8-4-6-10-19(17)26)13-24(2,23(25)32)14-29(16-25)22(31)18-9-5-7-11-20(18)27/h4-11H,3,12-16H2,1-2H3. The summed E-state index contributed by atoms with van der Waals surface area (Å²) in [4.78, 5) is 43.9. The number of carbonyl (C=O) groups excluding carboxylic acids is 3. The molecule has 0 spiro atoms. The first-order valence-electron chi connectivity index (χ1n) is 10.8. The number of halogens is 2. The van der Waals surface area contributed by atoms with Crippen LogP contribution in [0, 0.1) is 10.8 Å². The van der Waals surface area contributed by atoms with E-state index < -0.39 is 10.8 Å². The second-order valence-electron chi connectivity index (χ2n) is 9.20. The first-order valence-corrected chi connectivity index (χ1v) is 11.6. The molecule has 2 amide bonds. The molecule has 0 saturated carbocycles. The van der Waals surface area contributed by atoms with Crippen LogP contribution < -0.4 is 0 Å². The Labute approximate surface area is 198 Å². The smallest absolute Gasteiger partial charge is 0.255 e. The Bertz CT molecular complexity index is 1010. The van der Waals surface area contributed by atoms with Gasteiger partial charge < -0.3 is 9.80 Å². The normalized spacial score (nSPS) is 25.1. The van der Waals surface area contributed by atoms with Gasteiger partial charge in [-0.15, -0.1) is 0 Å². The molecule has 2 heterocycles. The largest absolute Gasteiger partial charge is 0.336 e. The maximum absolute atomic E-state index is 13.7. The van der Waals surface area contributed by atoms with E-state index in [-0.39, 0.29) is 43.8 Å². The number of benzene rings is 2. The molecule has 2 aromatic rings. The number of likely N-dealkylation sites (tertiary alicyclic amines) is 2. The highest BCUT2D eigenvalue weighted by molar-refractivity contribution is 6.34. The molecule has 2 bridgehead atoms. The minimum Gasteiger partial charge on any atom is -0.336 e. The van der Waals surface area contributed by atoms with Crippen LogP contribution in [0.1, 0.15) is 47.4 Å². The van der Waals surface area contributed by atoms with E-state index in [4.69, 9.17) is 23.2 Å². The van der Waals surface area contributed by atoms with Gasteiger partial charge in [0.05, 0.1) is 32.0 Å². The molecule has 2 aliphatic heterocycles. The van der Waals surface area contributed by atoms with E-state index in [1.54, 1.807) is 58.3 Å². The van der Waals surface area contributed by atoms with E-state index in [2.05, 4.69) is 0 Å². The molecule has 7 heteroatoms. The summed E-state index contributed by atoms with van der Waals surface area (Å²) in [6.45, 7) is 4.90.